The third kappa shape index (κ3) is 3.26. The summed E-state index contributed by atoms with van der Waals surface area (Å²) in [6, 6.07) is 3.45. The van der Waals surface area contributed by atoms with Crippen LogP contribution in [0.25, 0.3) is 0 Å². The summed E-state index contributed by atoms with van der Waals surface area (Å²) in [6.45, 7) is 3.67. The molecule has 17 heavy (non-hydrogen) atoms. The van der Waals surface area contributed by atoms with E-state index in [9.17, 15) is 8.42 Å². The predicted molar refractivity (Wildman–Crippen MR) is 66.6 cm³/mol. The summed E-state index contributed by atoms with van der Waals surface area (Å²) in [5, 5.41) is 3.45. The highest BCUT2D eigenvalue weighted by Gasteiger charge is 2.23. The van der Waals surface area contributed by atoms with Gasteiger partial charge in [-0.25, -0.2) is 13.4 Å². The summed E-state index contributed by atoms with van der Waals surface area (Å²) in [5.74, 6) is 0.423. The molecule has 5 heteroatoms. The number of rotatable bonds is 3. The molecule has 2 heterocycles. The SMILES string of the molecule is Cc1ccnc(S(=O)(=O)CC2CCCNC2)c1. The lowest BCUT2D eigenvalue weighted by Crippen LogP contribution is -2.33. The van der Waals surface area contributed by atoms with Crippen LogP contribution in [-0.4, -0.2) is 32.2 Å². The van der Waals surface area contributed by atoms with Crippen molar-refractivity contribution in [3.8, 4) is 0 Å². The van der Waals surface area contributed by atoms with E-state index < -0.39 is 9.84 Å². The molecular formula is C12H18N2O2S. The van der Waals surface area contributed by atoms with Gasteiger partial charge in [-0.05, 0) is 56.5 Å². The van der Waals surface area contributed by atoms with Crippen LogP contribution < -0.4 is 5.32 Å². The van der Waals surface area contributed by atoms with E-state index in [4.69, 9.17) is 0 Å². The fraction of sp³-hybridized carbons (Fsp3) is 0.583. The van der Waals surface area contributed by atoms with Crippen molar-refractivity contribution in [2.75, 3.05) is 18.8 Å². The molecule has 94 valence electrons. The molecule has 0 aromatic carbocycles. The molecule has 0 saturated carbocycles. The second-order valence-electron chi connectivity index (χ2n) is 4.67. The Morgan fingerprint density at radius 3 is 3.00 bits per heavy atom. The van der Waals surface area contributed by atoms with Gasteiger partial charge in [0.15, 0.2) is 14.9 Å². The molecule has 1 N–H and O–H groups in total. The van der Waals surface area contributed by atoms with Crippen LogP contribution in [0, 0.1) is 12.8 Å². The summed E-state index contributed by atoms with van der Waals surface area (Å²) >= 11 is 0. The lowest BCUT2D eigenvalue weighted by molar-refractivity contribution is 0.403. The van der Waals surface area contributed by atoms with Gasteiger partial charge in [0.1, 0.15) is 0 Å². The lowest BCUT2D eigenvalue weighted by Gasteiger charge is -2.22. The van der Waals surface area contributed by atoms with Crippen molar-refractivity contribution in [3.05, 3.63) is 23.9 Å². The van der Waals surface area contributed by atoms with E-state index in [2.05, 4.69) is 10.3 Å². The second-order valence-corrected chi connectivity index (χ2v) is 6.65. The highest BCUT2D eigenvalue weighted by Crippen LogP contribution is 2.17. The lowest BCUT2D eigenvalue weighted by atomic mass is 10.0. The maximum absolute atomic E-state index is 12.2. The number of aromatic nitrogens is 1. The first-order valence-corrected chi connectivity index (χ1v) is 7.59. The molecule has 1 aliphatic heterocycles. The molecule has 1 fully saturated rings. The maximum atomic E-state index is 12.2. The zero-order valence-corrected chi connectivity index (χ0v) is 10.8. The van der Waals surface area contributed by atoms with Crippen LogP contribution in [-0.2, 0) is 9.84 Å². The van der Waals surface area contributed by atoms with Crippen LogP contribution in [0.15, 0.2) is 23.4 Å². The summed E-state index contributed by atoms with van der Waals surface area (Å²) in [6.07, 6.45) is 3.60. The van der Waals surface area contributed by atoms with E-state index in [1.807, 2.05) is 6.92 Å². The molecule has 1 aliphatic rings. The first-order valence-electron chi connectivity index (χ1n) is 5.94. The fourth-order valence-corrected chi connectivity index (χ4v) is 3.80. The number of sulfone groups is 1. The second kappa shape index (κ2) is 5.14. The molecule has 1 saturated heterocycles. The van der Waals surface area contributed by atoms with Gasteiger partial charge >= 0.3 is 0 Å². The van der Waals surface area contributed by atoms with Crippen molar-refractivity contribution in [1.29, 1.82) is 0 Å². The normalized spacial score (nSPS) is 21.4. The quantitative estimate of drug-likeness (QED) is 0.879. The third-order valence-electron chi connectivity index (χ3n) is 3.06. The Kier molecular flexibility index (Phi) is 3.79. The molecule has 0 amide bonds. The van der Waals surface area contributed by atoms with Gasteiger partial charge in [0, 0.05) is 6.20 Å². The van der Waals surface area contributed by atoms with Crippen molar-refractivity contribution in [1.82, 2.24) is 10.3 Å². The monoisotopic (exact) mass is 254 g/mol. The Bertz CT molecular complexity index is 479. The van der Waals surface area contributed by atoms with Gasteiger partial charge in [-0.1, -0.05) is 0 Å². The van der Waals surface area contributed by atoms with E-state index in [1.54, 1.807) is 18.3 Å². The van der Waals surface area contributed by atoms with Crippen LogP contribution in [0.4, 0.5) is 0 Å². The smallest absolute Gasteiger partial charge is 0.195 e. The van der Waals surface area contributed by atoms with Crippen molar-refractivity contribution in [3.63, 3.8) is 0 Å². The molecule has 2 rings (SSSR count). The van der Waals surface area contributed by atoms with Crippen LogP contribution in [0.1, 0.15) is 18.4 Å². The van der Waals surface area contributed by atoms with E-state index >= 15 is 0 Å². The molecule has 0 aliphatic carbocycles. The molecule has 1 atom stereocenters. The number of nitrogens with zero attached hydrogens (tertiary/aromatic N) is 1. The Balaban J connectivity index is 2.13. The Morgan fingerprint density at radius 2 is 2.35 bits per heavy atom. The van der Waals surface area contributed by atoms with Gasteiger partial charge < -0.3 is 5.32 Å². The number of pyridine rings is 1. The molecule has 4 nitrogen and oxygen atoms in total. The van der Waals surface area contributed by atoms with Crippen molar-refractivity contribution in [2.45, 2.75) is 24.8 Å². The minimum absolute atomic E-state index is 0.205. The Hall–Kier alpha value is -0.940. The van der Waals surface area contributed by atoms with Crippen LogP contribution in [0.3, 0.4) is 0 Å². The number of nitrogens with one attached hydrogen (secondary N) is 1. The van der Waals surface area contributed by atoms with Crippen molar-refractivity contribution in [2.24, 2.45) is 5.92 Å². The predicted octanol–water partition coefficient (Wildman–Crippen LogP) is 1.16. The molecule has 1 unspecified atom stereocenters. The van der Waals surface area contributed by atoms with Gasteiger partial charge in [0.2, 0.25) is 0 Å². The zero-order valence-electron chi connectivity index (χ0n) is 10.0. The Morgan fingerprint density at radius 1 is 1.53 bits per heavy atom. The third-order valence-corrected chi connectivity index (χ3v) is 4.83. The molecule has 1 aromatic rings. The van der Waals surface area contributed by atoms with Gasteiger partial charge in [0.25, 0.3) is 0 Å². The average Bonchev–Trinajstić information content (AvgIpc) is 2.30. The number of aryl methyl sites for hydroxylation is 1. The van der Waals surface area contributed by atoms with Crippen LogP contribution in [0.2, 0.25) is 0 Å². The Labute approximate surface area is 102 Å². The van der Waals surface area contributed by atoms with Gasteiger partial charge in [-0.3, -0.25) is 0 Å². The first-order chi connectivity index (χ1) is 8.08. The highest BCUT2D eigenvalue weighted by atomic mass is 32.2. The molecular weight excluding hydrogens is 236 g/mol. The average molecular weight is 254 g/mol. The van der Waals surface area contributed by atoms with Gasteiger partial charge in [-0.15, -0.1) is 0 Å². The van der Waals surface area contributed by atoms with Crippen LogP contribution >= 0.6 is 0 Å². The molecule has 1 aromatic heterocycles. The van der Waals surface area contributed by atoms with E-state index in [1.165, 1.54) is 0 Å². The zero-order chi connectivity index (χ0) is 12.3. The number of hydrogen-bond donors (Lipinski definition) is 1. The van der Waals surface area contributed by atoms with Gasteiger partial charge in [0.05, 0.1) is 5.75 Å². The van der Waals surface area contributed by atoms with Gasteiger partial charge in [-0.2, -0.15) is 0 Å². The summed E-state index contributed by atoms with van der Waals surface area (Å²) in [4.78, 5) is 3.97. The molecule has 0 spiro atoms. The molecule has 0 radical (unpaired) electrons. The largest absolute Gasteiger partial charge is 0.316 e. The van der Waals surface area contributed by atoms with Crippen molar-refractivity contribution >= 4 is 9.84 Å². The van der Waals surface area contributed by atoms with Crippen molar-refractivity contribution < 1.29 is 8.42 Å². The first kappa shape index (κ1) is 12.5. The summed E-state index contributed by atoms with van der Waals surface area (Å²) in [7, 11) is -3.23. The summed E-state index contributed by atoms with van der Waals surface area (Å²) < 4.78 is 24.3. The van der Waals surface area contributed by atoms with Crippen LogP contribution in [0.5, 0.6) is 0 Å². The highest BCUT2D eigenvalue weighted by molar-refractivity contribution is 7.91. The standard InChI is InChI=1S/C12H18N2O2S/c1-10-4-6-14-12(7-10)17(15,16)9-11-3-2-5-13-8-11/h4,6-7,11,13H,2-3,5,8-9H2,1H3. The minimum Gasteiger partial charge on any atom is -0.316 e. The maximum Gasteiger partial charge on any atom is 0.195 e. The number of hydrogen-bond acceptors (Lipinski definition) is 4. The summed E-state index contributed by atoms with van der Waals surface area (Å²) in [5.41, 5.74) is 0.931. The molecule has 0 bridgehead atoms. The number of piperidine rings is 1. The van der Waals surface area contributed by atoms with E-state index in [-0.39, 0.29) is 16.7 Å². The van der Waals surface area contributed by atoms with E-state index in [0.717, 1.165) is 31.5 Å². The fourth-order valence-electron chi connectivity index (χ4n) is 2.14. The van der Waals surface area contributed by atoms with E-state index in [0.29, 0.717) is 0 Å². The minimum atomic E-state index is -3.23. The topological polar surface area (TPSA) is 59.1 Å².